The quantitative estimate of drug-likeness (QED) is 0.817. The minimum absolute atomic E-state index is 0.154. The van der Waals surface area contributed by atoms with Gasteiger partial charge in [0.2, 0.25) is 5.91 Å². The fourth-order valence-electron chi connectivity index (χ4n) is 1.96. The molecule has 1 aliphatic rings. The summed E-state index contributed by atoms with van der Waals surface area (Å²) in [5, 5.41) is 4.14. The average molecular weight is 268 g/mol. The fraction of sp³-hybridized carbons (Fsp3) is 0.615. The van der Waals surface area contributed by atoms with Crippen molar-refractivity contribution >= 4 is 17.2 Å². The number of nitrogens with two attached hydrogens (primary N) is 1. The molecule has 2 rings (SSSR count). The zero-order valence-electron chi connectivity index (χ0n) is 10.7. The van der Waals surface area contributed by atoms with E-state index in [0.29, 0.717) is 25.6 Å². The van der Waals surface area contributed by atoms with Gasteiger partial charge in [-0.3, -0.25) is 4.79 Å². The average Bonchev–Trinajstić information content (AvgIpc) is 3.09. The summed E-state index contributed by atoms with van der Waals surface area (Å²) in [6.07, 6.45) is 2.46. The molecule has 1 saturated carbocycles. The Labute approximate surface area is 112 Å². The van der Waals surface area contributed by atoms with Crippen molar-refractivity contribution in [2.24, 2.45) is 5.73 Å². The van der Waals surface area contributed by atoms with E-state index < -0.39 is 0 Å². The fourth-order valence-corrected chi connectivity index (χ4v) is 2.62. The molecule has 0 radical (unpaired) electrons. The van der Waals surface area contributed by atoms with E-state index in [9.17, 15) is 4.79 Å². The molecule has 1 aliphatic carbocycles. The summed E-state index contributed by atoms with van der Waals surface area (Å²) in [7, 11) is 1.60. The van der Waals surface area contributed by atoms with Crippen molar-refractivity contribution in [3.05, 3.63) is 22.4 Å². The standard InChI is InChI=1S/C13H20N2O2S/c1-17-12(7-14)6-13(16)15(11-2-3-11)8-10-4-5-18-9-10/h4-5,9,11-12H,2-3,6-8,14H2,1H3. The van der Waals surface area contributed by atoms with Crippen molar-refractivity contribution in [2.45, 2.75) is 38.0 Å². The molecule has 0 aliphatic heterocycles. The van der Waals surface area contributed by atoms with E-state index in [1.54, 1.807) is 18.4 Å². The van der Waals surface area contributed by atoms with Gasteiger partial charge in [0.15, 0.2) is 0 Å². The Balaban J connectivity index is 1.94. The first-order chi connectivity index (χ1) is 8.74. The minimum Gasteiger partial charge on any atom is -0.380 e. The zero-order valence-corrected chi connectivity index (χ0v) is 11.5. The highest BCUT2D eigenvalue weighted by atomic mass is 32.1. The lowest BCUT2D eigenvalue weighted by atomic mass is 10.2. The van der Waals surface area contributed by atoms with Crippen LogP contribution in [0.25, 0.3) is 0 Å². The highest BCUT2D eigenvalue weighted by molar-refractivity contribution is 7.07. The molecule has 1 aromatic rings. The van der Waals surface area contributed by atoms with Gasteiger partial charge in [0, 0.05) is 26.2 Å². The lowest BCUT2D eigenvalue weighted by molar-refractivity contribution is -0.134. The van der Waals surface area contributed by atoms with Crippen LogP contribution in [-0.4, -0.2) is 36.6 Å². The van der Waals surface area contributed by atoms with Crippen molar-refractivity contribution in [3.63, 3.8) is 0 Å². The van der Waals surface area contributed by atoms with Crippen molar-refractivity contribution in [1.29, 1.82) is 0 Å². The molecule has 1 atom stereocenters. The molecule has 4 nitrogen and oxygen atoms in total. The monoisotopic (exact) mass is 268 g/mol. The molecule has 0 aromatic carbocycles. The number of hydrogen-bond donors (Lipinski definition) is 1. The SMILES string of the molecule is COC(CN)CC(=O)N(Cc1ccsc1)C1CC1. The van der Waals surface area contributed by atoms with E-state index in [1.165, 1.54) is 5.56 Å². The summed E-state index contributed by atoms with van der Waals surface area (Å²) in [5.41, 5.74) is 6.78. The molecule has 1 aromatic heterocycles. The third-order valence-electron chi connectivity index (χ3n) is 3.24. The Morgan fingerprint density at radius 1 is 1.67 bits per heavy atom. The van der Waals surface area contributed by atoms with Crippen LogP contribution in [-0.2, 0) is 16.1 Å². The molecule has 2 N–H and O–H groups in total. The first-order valence-corrected chi connectivity index (χ1v) is 7.22. The van der Waals surface area contributed by atoms with Crippen molar-refractivity contribution in [2.75, 3.05) is 13.7 Å². The van der Waals surface area contributed by atoms with Gasteiger partial charge in [-0.25, -0.2) is 0 Å². The van der Waals surface area contributed by atoms with Gasteiger partial charge in [-0.05, 0) is 35.2 Å². The molecule has 18 heavy (non-hydrogen) atoms. The van der Waals surface area contributed by atoms with Crippen LogP contribution in [0.3, 0.4) is 0 Å². The highest BCUT2D eigenvalue weighted by Gasteiger charge is 2.33. The van der Waals surface area contributed by atoms with Crippen LogP contribution in [0, 0.1) is 0 Å². The Hall–Kier alpha value is -0.910. The number of thiophene rings is 1. The van der Waals surface area contributed by atoms with Crippen molar-refractivity contribution in [3.8, 4) is 0 Å². The van der Waals surface area contributed by atoms with E-state index in [-0.39, 0.29) is 12.0 Å². The molecule has 1 heterocycles. The van der Waals surface area contributed by atoms with E-state index >= 15 is 0 Å². The van der Waals surface area contributed by atoms with Gasteiger partial charge in [0.1, 0.15) is 0 Å². The van der Waals surface area contributed by atoms with E-state index in [2.05, 4.69) is 11.4 Å². The van der Waals surface area contributed by atoms with Crippen LogP contribution < -0.4 is 5.73 Å². The lowest BCUT2D eigenvalue weighted by Gasteiger charge is -2.24. The molecular weight excluding hydrogens is 248 g/mol. The second kappa shape index (κ2) is 6.31. The highest BCUT2D eigenvalue weighted by Crippen LogP contribution is 2.29. The molecule has 5 heteroatoms. The van der Waals surface area contributed by atoms with Gasteiger partial charge in [-0.15, -0.1) is 0 Å². The number of ether oxygens (including phenoxy) is 1. The second-order valence-electron chi connectivity index (χ2n) is 4.68. The Morgan fingerprint density at radius 2 is 2.44 bits per heavy atom. The van der Waals surface area contributed by atoms with Gasteiger partial charge in [-0.2, -0.15) is 11.3 Å². The molecule has 100 valence electrons. The number of carbonyl (C=O) groups is 1. The van der Waals surface area contributed by atoms with Crippen LogP contribution in [0.4, 0.5) is 0 Å². The number of nitrogens with zero attached hydrogens (tertiary/aromatic N) is 1. The first kappa shape index (κ1) is 13.5. The first-order valence-electron chi connectivity index (χ1n) is 6.28. The molecule has 0 saturated heterocycles. The van der Waals surface area contributed by atoms with Crippen LogP contribution >= 0.6 is 11.3 Å². The maximum Gasteiger partial charge on any atom is 0.225 e. The third-order valence-corrected chi connectivity index (χ3v) is 3.97. The number of hydrogen-bond acceptors (Lipinski definition) is 4. The molecule has 1 unspecified atom stereocenters. The van der Waals surface area contributed by atoms with Gasteiger partial charge in [0.05, 0.1) is 12.5 Å². The molecule has 1 fully saturated rings. The maximum absolute atomic E-state index is 12.3. The summed E-state index contributed by atoms with van der Waals surface area (Å²) >= 11 is 1.67. The molecular formula is C13H20N2O2S. The maximum atomic E-state index is 12.3. The van der Waals surface area contributed by atoms with E-state index in [4.69, 9.17) is 10.5 Å². The predicted molar refractivity (Wildman–Crippen MR) is 72.4 cm³/mol. The summed E-state index contributed by atoms with van der Waals surface area (Å²) < 4.78 is 5.19. The minimum atomic E-state index is -0.166. The smallest absolute Gasteiger partial charge is 0.225 e. The molecule has 1 amide bonds. The largest absolute Gasteiger partial charge is 0.380 e. The van der Waals surface area contributed by atoms with Crippen LogP contribution in [0.1, 0.15) is 24.8 Å². The van der Waals surface area contributed by atoms with Gasteiger partial charge in [0.25, 0.3) is 0 Å². The Kier molecular flexibility index (Phi) is 4.74. The van der Waals surface area contributed by atoms with E-state index in [1.807, 2.05) is 10.3 Å². The van der Waals surface area contributed by atoms with Gasteiger partial charge in [-0.1, -0.05) is 0 Å². The molecule has 0 bridgehead atoms. The van der Waals surface area contributed by atoms with E-state index in [0.717, 1.165) is 12.8 Å². The lowest BCUT2D eigenvalue weighted by Crippen LogP contribution is -2.37. The molecule has 0 spiro atoms. The second-order valence-corrected chi connectivity index (χ2v) is 5.46. The normalized spacial score (nSPS) is 16.6. The van der Waals surface area contributed by atoms with Crippen molar-refractivity contribution < 1.29 is 9.53 Å². The Morgan fingerprint density at radius 3 is 2.94 bits per heavy atom. The van der Waals surface area contributed by atoms with Crippen molar-refractivity contribution in [1.82, 2.24) is 4.90 Å². The van der Waals surface area contributed by atoms with Gasteiger partial charge < -0.3 is 15.4 Å². The number of carbonyl (C=O) groups excluding carboxylic acids is 1. The Bertz CT molecular complexity index is 372. The van der Waals surface area contributed by atoms with Crippen LogP contribution in [0.15, 0.2) is 16.8 Å². The van der Waals surface area contributed by atoms with Crippen LogP contribution in [0.5, 0.6) is 0 Å². The third kappa shape index (κ3) is 3.54. The number of rotatable bonds is 7. The summed E-state index contributed by atoms with van der Waals surface area (Å²) in [6.45, 7) is 1.10. The summed E-state index contributed by atoms with van der Waals surface area (Å²) in [5.74, 6) is 0.154. The topological polar surface area (TPSA) is 55.6 Å². The summed E-state index contributed by atoms with van der Waals surface area (Å²) in [4.78, 5) is 14.2. The van der Waals surface area contributed by atoms with Gasteiger partial charge >= 0.3 is 0 Å². The number of amides is 1. The zero-order chi connectivity index (χ0) is 13.0. The van der Waals surface area contributed by atoms with Crippen LogP contribution in [0.2, 0.25) is 0 Å². The summed E-state index contributed by atoms with van der Waals surface area (Å²) in [6, 6.07) is 2.50. The number of methoxy groups -OCH3 is 1. The predicted octanol–water partition coefficient (Wildman–Crippen LogP) is 1.60.